The first-order valence-corrected chi connectivity index (χ1v) is 8.16. The molecule has 1 rings (SSSR count). The average molecular weight is 343 g/mol. The van der Waals surface area contributed by atoms with E-state index in [1.165, 1.54) is 0 Å². The Labute approximate surface area is 144 Å². The SMILES string of the molecule is COCCOCCOCCOCCOCCONc1ccccc1. The lowest BCUT2D eigenvalue weighted by molar-refractivity contribution is -0.0122. The lowest BCUT2D eigenvalue weighted by Gasteiger charge is -2.08. The van der Waals surface area contributed by atoms with Crippen molar-refractivity contribution in [2.45, 2.75) is 0 Å². The third kappa shape index (κ3) is 13.2. The molecule has 0 spiro atoms. The van der Waals surface area contributed by atoms with Crippen molar-refractivity contribution in [3.05, 3.63) is 30.3 Å². The number of hydrogen-bond donors (Lipinski definition) is 1. The van der Waals surface area contributed by atoms with Crippen LogP contribution in [0.2, 0.25) is 0 Å². The Hall–Kier alpha value is -1.22. The highest BCUT2D eigenvalue weighted by molar-refractivity contribution is 5.39. The standard InChI is InChI=1S/C17H29NO6/c1-19-7-8-20-9-10-21-11-12-22-13-14-23-15-16-24-18-17-5-3-2-4-6-17/h2-6,18H,7-16H2,1H3. The third-order valence-corrected chi connectivity index (χ3v) is 2.84. The van der Waals surface area contributed by atoms with Gasteiger partial charge in [-0.2, -0.15) is 0 Å². The predicted octanol–water partition coefficient (Wildman–Crippen LogP) is 1.74. The van der Waals surface area contributed by atoms with Crippen LogP contribution in [0.3, 0.4) is 0 Å². The van der Waals surface area contributed by atoms with Gasteiger partial charge >= 0.3 is 0 Å². The Bertz CT molecular complexity index is 365. The predicted molar refractivity (Wildman–Crippen MR) is 91.2 cm³/mol. The van der Waals surface area contributed by atoms with Gasteiger partial charge in [0.2, 0.25) is 0 Å². The van der Waals surface area contributed by atoms with Gasteiger partial charge in [-0.1, -0.05) is 18.2 Å². The lowest BCUT2D eigenvalue weighted by Crippen LogP contribution is -2.14. The number of benzene rings is 1. The molecule has 1 aromatic carbocycles. The summed E-state index contributed by atoms with van der Waals surface area (Å²) in [5, 5.41) is 0. The molecule has 0 fully saturated rings. The van der Waals surface area contributed by atoms with Crippen molar-refractivity contribution in [3.8, 4) is 0 Å². The van der Waals surface area contributed by atoms with Gasteiger partial charge in [0.05, 0.1) is 71.8 Å². The topological polar surface area (TPSA) is 67.4 Å². The van der Waals surface area contributed by atoms with Gasteiger partial charge in [0.1, 0.15) is 0 Å². The van der Waals surface area contributed by atoms with E-state index in [4.69, 9.17) is 28.5 Å². The van der Waals surface area contributed by atoms with Crippen LogP contribution < -0.4 is 5.48 Å². The van der Waals surface area contributed by atoms with Crippen molar-refractivity contribution in [1.29, 1.82) is 0 Å². The van der Waals surface area contributed by atoms with Crippen LogP contribution in [0.4, 0.5) is 5.69 Å². The van der Waals surface area contributed by atoms with Crippen molar-refractivity contribution in [2.75, 3.05) is 78.7 Å². The van der Waals surface area contributed by atoms with Crippen LogP contribution in [0.25, 0.3) is 0 Å². The van der Waals surface area contributed by atoms with Gasteiger partial charge in [-0.25, -0.2) is 0 Å². The summed E-state index contributed by atoms with van der Waals surface area (Å²) in [7, 11) is 1.65. The first kappa shape index (κ1) is 20.8. The van der Waals surface area contributed by atoms with Gasteiger partial charge in [-0.15, -0.1) is 0 Å². The van der Waals surface area contributed by atoms with Crippen molar-refractivity contribution in [2.24, 2.45) is 0 Å². The number of anilines is 1. The minimum absolute atomic E-state index is 0.473. The van der Waals surface area contributed by atoms with E-state index in [0.717, 1.165) is 5.69 Å². The van der Waals surface area contributed by atoms with Crippen LogP contribution in [-0.4, -0.2) is 73.2 Å². The molecule has 7 nitrogen and oxygen atoms in total. The molecule has 0 unspecified atom stereocenters. The molecule has 0 aliphatic carbocycles. The maximum Gasteiger partial charge on any atom is 0.0979 e. The number of rotatable bonds is 17. The zero-order valence-corrected chi connectivity index (χ0v) is 14.4. The number of hydrogen-bond acceptors (Lipinski definition) is 7. The molecule has 0 amide bonds. The highest BCUT2D eigenvalue weighted by Gasteiger charge is 1.94. The van der Waals surface area contributed by atoms with Gasteiger partial charge in [0.15, 0.2) is 0 Å². The minimum atomic E-state index is 0.473. The molecule has 0 aliphatic rings. The van der Waals surface area contributed by atoms with Crippen molar-refractivity contribution in [3.63, 3.8) is 0 Å². The molecule has 0 radical (unpaired) electrons. The van der Waals surface area contributed by atoms with Crippen LogP contribution in [0, 0.1) is 0 Å². The second kappa shape index (κ2) is 16.6. The monoisotopic (exact) mass is 343 g/mol. The second-order valence-electron chi connectivity index (χ2n) is 4.76. The van der Waals surface area contributed by atoms with Gasteiger partial charge in [0.25, 0.3) is 0 Å². The van der Waals surface area contributed by atoms with E-state index in [1.54, 1.807) is 7.11 Å². The molecule has 138 valence electrons. The van der Waals surface area contributed by atoms with E-state index in [0.29, 0.717) is 66.1 Å². The molecule has 0 atom stereocenters. The zero-order valence-electron chi connectivity index (χ0n) is 14.4. The molecule has 1 aromatic rings. The quantitative estimate of drug-likeness (QED) is 0.341. The average Bonchev–Trinajstić information content (AvgIpc) is 2.62. The van der Waals surface area contributed by atoms with E-state index in [1.807, 2.05) is 30.3 Å². The summed E-state index contributed by atoms with van der Waals surface area (Å²) in [5.74, 6) is 0. The molecule has 7 heteroatoms. The van der Waals surface area contributed by atoms with E-state index < -0.39 is 0 Å². The molecule has 0 bridgehead atoms. The van der Waals surface area contributed by atoms with Gasteiger partial charge < -0.3 is 23.7 Å². The Morgan fingerprint density at radius 3 is 1.58 bits per heavy atom. The normalized spacial score (nSPS) is 10.9. The fraction of sp³-hybridized carbons (Fsp3) is 0.647. The molecule has 0 saturated carbocycles. The van der Waals surface area contributed by atoms with Crippen molar-refractivity contribution < 1.29 is 28.5 Å². The number of ether oxygens (including phenoxy) is 5. The maximum atomic E-state index is 5.39. The number of methoxy groups -OCH3 is 1. The summed E-state index contributed by atoms with van der Waals surface area (Å²) < 4.78 is 26.3. The van der Waals surface area contributed by atoms with Crippen molar-refractivity contribution >= 4 is 5.69 Å². The summed E-state index contributed by atoms with van der Waals surface area (Å²) in [5.41, 5.74) is 3.77. The van der Waals surface area contributed by atoms with E-state index in [2.05, 4.69) is 5.48 Å². The van der Waals surface area contributed by atoms with Crippen LogP contribution in [-0.2, 0) is 28.5 Å². The molecule has 0 heterocycles. The number of nitrogens with one attached hydrogen (secondary N) is 1. The van der Waals surface area contributed by atoms with Gasteiger partial charge in [-0.3, -0.25) is 10.3 Å². The van der Waals surface area contributed by atoms with E-state index in [-0.39, 0.29) is 0 Å². The molecule has 1 N–H and O–H groups in total. The first-order chi connectivity index (χ1) is 11.9. The van der Waals surface area contributed by atoms with Crippen LogP contribution in [0.1, 0.15) is 0 Å². The fourth-order valence-corrected chi connectivity index (χ4v) is 1.65. The number of para-hydroxylation sites is 1. The molecule has 24 heavy (non-hydrogen) atoms. The molecular formula is C17H29NO6. The Morgan fingerprint density at radius 1 is 0.625 bits per heavy atom. The fourth-order valence-electron chi connectivity index (χ4n) is 1.65. The second-order valence-corrected chi connectivity index (χ2v) is 4.76. The largest absolute Gasteiger partial charge is 0.382 e. The molecular weight excluding hydrogens is 314 g/mol. The van der Waals surface area contributed by atoms with Crippen LogP contribution >= 0.6 is 0 Å². The summed E-state index contributed by atoms with van der Waals surface area (Å²) in [6, 6.07) is 9.70. The lowest BCUT2D eigenvalue weighted by atomic mass is 10.3. The van der Waals surface area contributed by atoms with Gasteiger partial charge in [0, 0.05) is 7.11 Å². The van der Waals surface area contributed by atoms with Gasteiger partial charge in [-0.05, 0) is 12.1 Å². The zero-order chi connectivity index (χ0) is 17.1. The molecule has 0 saturated heterocycles. The Morgan fingerprint density at radius 2 is 1.08 bits per heavy atom. The highest BCUT2D eigenvalue weighted by atomic mass is 16.7. The van der Waals surface area contributed by atoms with E-state index >= 15 is 0 Å². The van der Waals surface area contributed by atoms with Crippen molar-refractivity contribution in [1.82, 2.24) is 0 Å². The first-order valence-electron chi connectivity index (χ1n) is 8.16. The maximum absolute atomic E-state index is 5.39. The summed E-state index contributed by atoms with van der Waals surface area (Å²) >= 11 is 0. The van der Waals surface area contributed by atoms with Crippen LogP contribution in [0.5, 0.6) is 0 Å². The van der Waals surface area contributed by atoms with E-state index in [9.17, 15) is 0 Å². The summed E-state index contributed by atoms with van der Waals surface area (Å²) in [6.07, 6.45) is 0. The highest BCUT2D eigenvalue weighted by Crippen LogP contribution is 2.03. The minimum Gasteiger partial charge on any atom is -0.382 e. The Balaban J connectivity index is 1.70. The summed E-state index contributed by atoms with van der Waals surface area (Å²) in [4.78, 5) is 5.27. The Kier molecular flexibility index (Phi) is 14.4. The smallest absolute Gasteiger partial charge is 0.0979 e. The van der Waals surface area contributed by atoms with Crippen LogP contribution in [0.15, 0.2) is 30.3 Å². The molecule has 0 aromatic heterocycles. The summed E-state index contributed by atoms with van der Waals surface area (Å²) in [6.45, 7) is 5.51. The molecule has 0 aliphatic heterocycles. The third-order valence-electron chi connectivity index (χ3n) is 2.84.